The van der Waals surface area contributed by atoms with Gasteiger partial charge in [0.25, 0.3) is 0 Å². The van der Waals surface area contributed by atoms with Crippen molar-refractivity contribution in [2.24, 2.45) is 10.8 Å². The molecule has 19 heavy (non-hydrogen) atoms. The minimum atomic E-state index is 0.427. The molecule has 0 aromatic carbocycles. The zero-order valence-electron chi connectivity index (χ0n) is 11.2. The predicted molar refractivity (Wildman–Crippen MR) is 85.1 cm³/mol. The molecule has 1 aliphatic rings. The summed E-state index contributed by atoms with van der Waals surface area (Å²) in [6.07, 6.45) is 6.28. The molecule has 0 aliphatic heterocycles. The van der Waals surface area contributed by atoms with E-state index < -0.39 is 0 Å². The van der Waals surface area contributed by atoms with Gasteiger partial charge in [0.1, 0.15) is 0 Å². The molecular formula is C13H21BrN4S. The minimum Gasteiger partial charge on any atom is -0.341 e. The molecule has 1 aliphatic carbocycles. The maximum Gasteiger partial charge on any atom is 0.208 e. The highest BCUT2D eigenvalue weighted by atomic mass is 79.9. The van der Waals surface area contributed by atoms with E-state index in [-0.39, 0.29) is 0 Å². The van der Waals surface area contributed by atoms with Crippen molar-refractivity contribution in [3.05, 3.63) is 20.8 Å². The molecule has 4 nitrogen and oxygen atoms in total. The molecule has 1 aromatic heterocycles. The van der Waals surface area contributed by atoms with Crippen molar-refractivity contribution in [2.45, 2.75) is 44.7 Å². The minimum absolute atomic E-state index is 0.427. The van der Waals surface area contributed by atoms with Crippen LogP contribution >= 0.6 is 27.3 Å². The Morgan fingerprint density at radius 1 is 1.53 bits per heavy atom. The highest BCUT2D eigenvalue weighted by Gasteiger charge is 2.15. The smallest absolute Gasteiger partial charge is 0.208 e. The highest BCUT2D eigenvalue weighted by Crippen LogP contribution is 2.22. The highest BCUT2D eigenvalue weighted by molar-refractivity contribution is 9.11. The van der Waals surface area contributed by atoms with Gasteiger partial charge < -0.3 is 4.90 Å². The summed E-state index contributed by atoms with van der Waals surface area (Å²) in [5.74, 6) is 6.41. The van der Waals surface area contributed by atoms with E-state index in [0.717, 1.165) is 16.3 Å². The molecule has 0 atom stereocenters. The maximum atomic E-state index is 5.62. The third-order valence-corrected chi connectivity index (χ3v) is 4.97. The van der Waals surface area contributed by atoms with Gasteiger partial charge in [-0.05, 0) is 45.8 Å². The van der Waals surface area contributed by atoms with Crippen molar-refractivity contribution in [3.8, 4) is 0 Å². The monoisotopic (exact) mass is 344 g/mol. The van der Waals surface area contributed by atoms with Crippen LogP contribution in [0, 0.1) is 0 Å². The average molecular weight is 345 g/mol. The number of thiophene rings is 1. The van der Waals surface area contributed by atoms with Crippen LogP contribution in [0.25, 0.3) is 0 Å². The largest absolute Gasteiger partial charge is 0.341 e. The zero-order chi connectivity index (χ0) is 13.7. The predicted octanol–water partition coefficient (Wildman–Crippen LogP) is 3.09. The molecule has 0 amide bonds. The lowest BCUT2D eigenvalue weighted by Gasteiger charge is -2.24. The second-order valence-electron chi connectivity index (χ2n) is 5.00. The first-order valence-electron chi connectivity index (χ1n) is 6.67. The molecule has 0 unspecified atom stereocenters. The number of nitrogens with zero attached hydrogens (tertiary/aromatic N) is 2. The van der Waals surface area contributed by atoms with Crippen molar-refractivity contribution in [1.82, 2.24) is 10.3 Å². The van der Waals surface area contributed by atoms with Gasteiger partial charge in [-0.2, -0.15) is 0 Å². The topological polar surface area (TPSA) is 53.6 Å². The van der Waals surface area contributed by atoms with E-state index in [1.54, 1.807) is 11.3 Å². The van der Waals surface area contributed by atoms with Crippen LogP contribution in [0.4, 0.5) is 0 Å². The summed E-state index contributed by atoms with van der Waals surface area (Å²) in [5, 5.41) is 2.15. The maximum absolute atomic E-state index is 5.62. The molecule has 1 aromatic rings. The number of hydrazine groups is 1. The van der Waals surface area contributed by atoms with Gasteiger partial charge in [0.05, 0.1) is 9.83 Å². The molecule has 0 radical (unpaired) electrons. The fourth-order valence-electron chi connectivity index (χ4n) is 2.41. The Balaban J connectivity index is 1.97. The van der Waals surface area contributed by atoms with Gasteiger partial charge in [0, 0.05) is 13.6 Å². The van der Waals surface area contributed by atoms with E-state index in [4.69, 9.17) is 10.8 Å². The van der Waals surface area contributed by atoms with Gasteiger partial charge >= 0.3 is 0 Å². The zero-order valence-corrected chi connectivity index (χ0v) is 13.6. The Bertz CT molecular complexity index is 426. The molecule has 1 saturated carbocycles. The fourth-order valence-corrected chi connectivity index (χ4v) is 3.61. The summed E-state index contributed by atoms with van der Waals surface area (Å²) in [6, 6.07) is 2.56. The lowest BCUT2D eigenvalue weighted by atomic mass is 9.96. The van der Waals surface area contributed by atoms with Crippen LogP contribution in [0.5, 0.6) is 0 Å². The number of hydrogen-bond acceptors (Lipinski definition) is 3. The lowest BCUT2D eigenvalue weighted by Crippen LogP contribution is -2.43. The van der Waals surface area contributed by atoms with E-state index in [1.165, 1.54) is 37.7 Å². The summed E-state index contributed by atoms with van der Waals surface area (Å²) in [4.78, 5) is 6.83. The van der Waals surface area contributed by atoms with E-state index in [9.17, 15) is 0 Å². The van der Waals surface area contributed by atoms with Crippen molar-refractivity contribution < 1.29 is 0 Å². The molecule has 6 heteroatoms. The van der Waals surface area contributed by atoms with Gasteiger partial charge in [0.2, 0.25) is 5.96 Å². The summed E-state index contributed by atoms with van der Waals surface area (Å²) in [6.45, 7) is 0.817. The van der Waals surface area contributed by atoms with Crippen LogP contribution in [0.15, 0.2) is 20.2 Å². The quantitative estimate of drug-likeness (QED) is 0.383. The normalized spacial score (nSPS) is 17.5. The fraction of sp³-hybridized carbons (Fsp3) is 0.615. The average Bonchev–Trinajstić information content (AvgIpc) is 2.82. The second-order valence-corrected chi connectivity index (χ2v) is 7.29. The molecular weight excluding hydrogens is 324 g/mol. The summed E-state index contributed by atoms with van der Waals surface area (Å²) >= 11 is 5.19. The van der Waals surface area contributed by atoms with Gasteiger partial charge in [0.15, 0.2) is 0 Å². The lowest BCUT2D eigenvalue weighted by molar-refractivity contribution is 0.423. The summed E-state index contributed by atoms with van der Waals surface area (Å²) < 4.78 is 1.15. The van der Waals surface area contributed by atoms with Crippen LogP contribution < -0.4 is 11.3 Å². The molecule has 106 valence electrons. The van der Waals surface area contributed by atoms with Gasteiger partial charge in [-0.25, -0.2) is 10.8 Å². The molecule has 0 bridgehead atoms. The first-order valence-corrected chi connectivity index (χ1v) is 8.35. The second kappa shape index (κ2) is 7.26. The first-order chi connectivity index (χ1) is 9.19. The standard InChI is InChI=1S/C13H21BrN4S/c1-18(8-10-7-12(14)19-9-10)13(17-15)16-11-5-3-2-4-6-11/h7,9,11H,2-6,8,15H2,1H3,(H,16,17). The van der Waals surface area contributed by atoms with Crippen molar-refractivity contribution >= 4 is 33.2 Å². The van der Waals surface area contributed by atoms with E-state index in [0.29, 0.717) is 6.04 Å². The molecule has 3 N–H and O–H groups in total. The van der Waals surface area contributed by atoms with E-state index in [2.05, 4.69) is 37.7 Å². The Labute approximate surface area is 127 Å². The van der Waals surface area contributed by atoms with Crippen molar-refractivity contribution in [3.63, 3.8) is 0 Å². The number of rotatable bonds is 3. The third-order valence-electron chi connectivity index (χ3n) is 3.41. The van der Waals surface area contributed by atoms with Gasteiger partial charge in [-0.3, -0.25) is 5.43 Å². The van der Waals surface area contributed by atoms with Crippen LogP contribution in [-0.4, -0.2) is 23.9 Å². The Kier molecular flexibility index (Phi) is 5.66. The van der Waals surface area contributed by atoms with E-state index in [1.807, 2.05) is 7.05 Å². The molecule has 1 heterocycles. The van der Waals surface area contributed by atoms with Gasteiger partial charge in [-0.15, -0.1) is 11.3 Å². The number of guanidine groups is 1. The van der Waals surface area contributed by atoms with E-state index >= 15 is 0 Å². The SMILES string of the molecule is CN(Cc1csc(Br)c1)C(=NC1CCCCC1)NN. The van der Waals surface area contributed by atoms with Crippen LogP contribution in [0.2, 0.25) is 0 Å². The first kappa shape index (κ1) is 14.8. The van der Waals surface area contributed by atoms with Crippen LogP contribution in [0.3, 0.4) is 0 Å². The number of halogens is 1. The molecule has 0 saturated heterocycles. The summed E-state index contributed by atoms with van der Waals surface area (Å²) in [7, 11) is 2.02. The van der Waals surface area contributed by atoms with Crippen LogP contribution in [0.1, 0.15) is 37.7 Å². The third kappa shape index (κ3) is 4.47. The van der Waals surface area contributed by atoms with Crippen LogP contribution in [-0.2, 0) is 6.54 Å². The summed E-state index contributed by atoms with van der Waals surface area (Å²) in [5.41, 5.74) is 4.01. The Morgan fingerprint density at radius 2 is 2.26 bits per heavy atom. The molecule has 1 fully saturated rings. The molecule has 2 rings (SSSR count). The number of nitrogens with two attached hydrogens (primary N) is 1. The number of nitrogens with one attached hydrogen (secondary N) is 1. The number of aliphatic imine (C=N–C) groups is 1. The Hall–Kier alpha value is -0.590. The molecule has 0 spiro atoms. The van der Waals surface area contributed by atoms with Crippen molar-refractivity contribution in [1.29, 1.82) is 0 Å². The van der Waals surface area contributed by atoms with Gasteiger partial charge in [-0.1, -0.05) is 19.3 Å². The van der Waals surface area contributed by atoms with Crippen molar-refractivity contribution in [2.75, 3.05) is 7.05 Å². The number of hydrogen-bond donors (Lipinski definition) is 2. The Morgan fingerprint density at radius 3 is 2.84 bits per heavy atom.